The van der Waals surface area contributed by atoms with Crippen molar-refractivity contribution in [2.24, 2.45) is 0 Å². The van der Waals surface area contributed by atoms with Crippen molar-refractivity contribution in [2.45, 2.75) is 24.7 Å². The van der Waals surface area contributed by atoms with E-state index in [1.54, 1.807) is 12.1 Å². The molecule has 21 heavy (non-hydrogen) atoms. The van der Waals surface area contributed by atoms with Crippen molar-refractivity contribution in [3.8, 4) is 0 Å². The van der Waals surface area contributed by atoms with Crippen molar-refractivity contribution in [3.63, 3.8) is 0 Å². The first-order chi connectivity index (χ1) is 10.0. The lowest BCUT2D eigenvalue weighted by Crippen LogP contribution is -2.32. The third-order valence-electron chi connectivity index (χ3n) is 3.04. The zero-order valence-electron chi connectivity index (χ0n) is 12.3. The molecule has 0 bridgehead atoms. The van der Waals surface area contributed by atoms with Crippen LogP contribution in [-0.4, -0.2) is 31.1 Å². The zero-order chi connectivity index (χ0) is 15.7. The summed E-state index contributed by atoms with van der Waals surface area (Å²) in [5.74, 6) is 0. The lowest BCUT2D eigenvalue weighted by Gasteiger charge is -2.20. The lowest BCUT2D eigenvalue weighted by molar-refractivity contribution is 0.436. The van der Waals surface area contributed by atoms with Crippen molar-refractivity contribution in [3.05, 3.63) is 54.6 Å². The minimum Gasteiger partial charge on any atom is -0.207 e. The standard InChI is InChI=1S/C16H22BrNO2S/c1-3-4-6-13-18(14-7-5-12-17)21(19,20)16-10-8-15(2)9-11-16/h3,5,7-11H,1,4,6,12-14H2,2H3/b7-5+. The third-order valence-corrected chi connectivity index (χ3v) is 5.29. The summed E-state index contributed by atoms with van der Waals surface area (Å²) in [5.41, 5.74) is 1.05. The first kappa shape index (κ1) is 18.1. The molecule has 5 heteroatoms. The van der Waals surface area contributed by atoms with Gasteiger partial charge in [0.25, 0.3) is 0 Å². The number of nitrogens with zero attached hydrogens (tertiary/aromatic N) is 1. The van der Waals surface area contributed by atoms with Crippen LogP contribution in [0.2, 0.25) is 0 Å². The fourth-order valence-corrected chi connectivity index (χ4v) is 3.53. The molecule has 0 saturated heterocycles. The largest absolute Gasteiger partial charge is 0.243 e. The Bertz CT molecular complexity index is 564. The number of unbranched alkanes of at least 4 members (excludes halogenated alkanes) is 1. The molecule has 0 aromatic heterocycles. The molecule has 3 nitrogen and oxygen atoms in total. The average molecular weight is 372 g/mol. The van der Waals surface area contributed by atoms with Gasteiger partial charge >= 0.3 is 0 Å². The molecule has 1 aromatic carbocycles. The highest BCUT2D eigenvalue weighted by atomic mass is 79.9. The summed E-state index contributed by atoms with van der Waals surface area (Å²) in [6, 6.07) is 6.98. The van der Waals surface area contributed by atoms with E-state index in [4.69, 9.17) is 0 Å². The molecular formula is C16H22BrNO2S. The topological polar surface area (TPSA) is 37.4 Å². The van der Waals surface area contributed by atoms with E-state index in [1.165, 1.54) is 4.31 Å². The van der Waals surface area contributed by atoms with Gasteiger partial charge in [0.15, 0.2) is 0 Å². The van der Waals surface area contributed by atoms with E-state index in [0.717, 1.165) is 23.7 Å². The number of allylic oxidation sites excluding steroid dienone is 2. The number of aryl methyl sites for hydroxylation is 1. The first-order valence-corrected chi connectivity index (χ1v) is 9.47. The van der Waals surface area contributed by atoms with Gasteiger partial charge in [-0.05, 0) is 31.9 Å². The van der Waals surface area contributed by atoms with Gasteiger partial charge in [-0.25, -0.2) is 8.42 Å². The Morgan fingerprint density at radius 3 is 2.48 bits per heavy atom. The molecule has 0 unspecified atom stereocenters. The number of halogens is 1. The van der Waals surface area contributed by atoms with E-state index >= 15 is 0 Å². The van der Waals surface area contributed by atoms with Gasteiger partial charge in [-0.2, -0.15) is 4.31 Å². The molecule has 1 rings (SSSR count). The first-order valence-electron chi connectivity index (χ1n) is 6.91. The second-order valence-electron chi connectivity index (χ2n) is 4.73. The molecule has 0 heterocycles. The molecule has 0 saturated carbocycles. The molecule has 1 aromatic rings. The molecule has 0 radical (unpaired) electrons. The van der Waals surface area contributed by atoms with Crippen LogP contribution in [0.25, 0.3) is 0 Å². The van der Waals surface area contributed by atoms with Crippen molar-refractivity contribution in [1.82, 2.24) is 4.31 Å². The van der Waals surface area contributed by atoms with Crippen LogP contribution >= 0.6 is 15.9 Å². The second kappa shape index (κ2) is 9.18. The van der Waals surface area contributed by atoms with Gasteiger partial charge in [0.05, 0.1) is 4.90 Å². The molecule has 0 fully saturated rings. The Labute approximate surface area is 136 Å². The molecule has 0 amide bonds. The maximum atomic E-state index is 12.7. The zero-order valence-corrected chi connectivity index (χ0v) is 14.7. The van der Waals surface area contributed by atoms with Crippen molar-refractivity contribution in [1.29, 1.82) is 0 Å². The smallest absolute Gasteiger partial charge is 0.207 e. The Morgan fingerprint density at radius 2 is 1.90 bits per heavy atom. The van der Waals surface area contributed by atoms with E-state index in [2.05, 4.69) is 22.5 Å². The normalized spacial score (nSPS) is 12.1. The fourth-order valence-electron chi connectivity index (χ4n) is 1.84. The van der Waals surface area contributed by atoms with Gasteiger partial charge in [0.2, 0.25) is 10.0 Å². The van der Waals surface area contributed by atoms with Gasteiger partial charge < -0.3 is 0 Å². The summed E-state index contributed by atoms with van der Waals surface area (Å²) < 4.78 is 26.9. The lowest BCUT2D eigenvalue weighted by atomic mass is 10.2. The number of hydrogen-bond donors (Lipinski definition) is 0. The summed E-state index contributed by atoms with van der Waals surface area (Å²) in [6.07, 6.45) is 7.17. The minimum atomic E-state index is -3.45. The van der Waals surface area contributed by atoms with Gasteiger partial charge in [-0.3, -0.25) is 0 Å². The summed E-state index contributed by atoms with van der Waals surface area (Å²) in [4.78, 5) is 0.346. The number of rotatable bonds is 9. The number of sulfonamides is 1. The SMILES string of the molecule is C=CCCCN(C/C=C/CBr)S(=O)(=O)c1ccc(C)cc1. The number of hydrogen-bond acceptors (Lipinski definition) is 2. The highest BCUT2D eigenvalue weighted by Gasteiger charge is 2.22. The van der Waals surface area contributed by atoms with E-state index in [0.29, 0.717) is 18.0 Å². The van der Waals surface area contributed by atoms with E-state index in [1.807, 2.05) is 37.3 Å². The molecule has 0 aliphatic carbocycles. The Hall–Kier alpha value is -0.910. The van der Waals surface area contributed by atoms with Crippen LogP contribution < -0.4 is 0 Å². The molecule has 0 aliphatic heterocycles. The summed E-state index contributed by atoms with van der Waals surface area (Å²) >= 11 is 3.30. The number of alkyl halides is 1. The van der Waals surface area contributed by atoms with Crippen LogP contribution in [0.3, 0.4) is 0 Å². The van der Waals surface area contributed by atoms with Crippen LogP contribution in [0.15, 0.2) is 54.0 Å². The fraction of sp³-hybridized carbons (Fsp3) is 0.375. The maximum Gasteiger partial charge on any atom is 0.243 e. The second-order valence-corrected chi connectivity index (χ2v) is 7.32. The molecular weight excluding hydrogens is 350 g/mol. The predicted molar refractivity (Wildman–Crippen MR) is 92.3 cm³/mol. The highest BCUT2D eigenvalue weighted by molar-refractivity contribution is 9.09. The van der Waals surface area contributed by atoms with E-state index < -0.39 is 10.0 Å². The van der Waals surface area contributed by atoms with Crippen LogP contribution in [0, 0.1) is 6.92 Å². The molecule has 0 spiro atoms. The van der Waals surface area contributed by atoms with E-state index in [-0.39, 0.29) is 0 Å². The Morgan fingerprint density at radius 1 is 1.24 bits per heavy atom. The summed E-state index contributed by atoms with van der Waals surface area (Å²) in [6.45, 7) is 6.50. The Balaban J connectivity index is 2.94. The Kier molecular flexibility index (Phi) is 7.93. The molecule has 0 N–H and O–H groups in total. The van der Waals surface area contributed by atoms with E-state index in [9.17, 15) is 8.42 Å². The summed E-state index contributed by atoms with van der Waals surface area (Å²) in [7, 11) is -3.45. The van der Waals surface area contributed by atoms with Crippen LogP contribution in [0.5, 0.6) is 0 Å². The average Bonchev–Trinajstić information content (AvgIpc) is 2.46. The molecule has 0 atom stereocenters. The van der Waals surface area contributed by atoms with Gasteiger partial charge in [-0.15, -0.1) is 6.58 Å². The van der Waals surface area contributed by atoms with Crippen molar-refractivity contribution < 1.29 is 8.42 Å². The molecule has 116 valence electrons. The van der Waals surface area contributed by atoms with Gasteiger partial charge in [0, 0.05) is 18.4 Å². The van der Waals surface area contributed by atoms with Crippen molar-refractivity contribution >= 4 is 26.0 Å². The van der Waals surface area contributed by atoms with Crippen LogP contribution in [0.1, 0.15) is 18.4 Å². The quantitative estimate of drug-likeness (QED) is 0.375. The monoisotopic (exact) mass is 371 g/mol. The highest BCUT2D eigenvalue weighted by Crippen LogP contribution is 2.17. The van der Waals surface area contributed by atoms with Gasteiger partial charge in [0.1, 0.15) is 0 Å². The predicted octanol–water partition coefficient (Wildman–Crippen LogP) is 3.90. The van der Waals surface area contributed by atoms with Crippen molar-refractivity contribution in [2.75, 3.05) is 18.4 Å². The minimum absolute atomic E-state index is 0.346. The maximum absolute atomic E-state index is 12.7. The van der Waals surface area contributed by atoms with Crippen LogP contribution in [-0.2, 0) is 10.0 Å². The third kappa shape index (κ3) is 5.77. The van der Waals surface area contributed by atoms with Gasteiger partial charge in [-0.1, -0.05) is 51.9 Å². The van der Waals surface area contributed by atoms with Crippen LogP contribution in [0.4, 0.5) is 0 Å². The molecule has 0 aliphatic rings. The number of benzene rings is 1. The summed E-state index contributed by atoms with van der Waals surface area (Å²) in [5, 5.41) is 0.720.